The number of aliphatic hydroxyl groups excluding tert-OH is 1. The highest BCUT2D eigenvalue weighted by molar-refractivity contribution is 7.99. The molecule has 0 aromatic carbocycles. The number of rotatable bonds is 6. The topological polar surface area (TPSA) is 86.6 Å². The van der Waals surface area contributed by atoms with Crippen molar-refractivity contribution in [3.63, 3.8) is 0 Å². The van der Waals surface area contributed by atoms with E-state index in [0.717, 1.165) is 6.42 Å². The number of aliphatic hydroxyl groups is 1. The summed E-state index contributed by atoms with van der Waals surface area (Å²) in [5.74, 6) is -2.06. The largest absolute Gasteiger partial charge is 0.481 e. The number of carboxylic acid groups (broad SMARTS) is 1. The number of amides is 1. The zero-order valence-corrected chi connectivity index (χ0v) is 11.6. The fraction of sp³-hybridized carbons (Fsp3) is 0.833. The first kappa shape index (κ1) is 15.3. The molecular formula is C12H21NO4S. The molecule has 1 saturated carbocycles. The van der Waals surface area contributed by atoms with Crippen molar-refractivity contribution in [2.45, 2.75) is 37.5 Å². The van der Waals surface area contributed by atoms with Crippen LogP contribution in [0, 0.1) is 11.8 Å². The van der Waals surface area contributed by atoms with E-state index in [1.807, 2.05) is 13.2 Å². The van der Waals surface area contributed by atoms with Crippen molar-refractivity contribution in [1.82, 2.24) is 5.32 Å². The van der Waals surface area contributed by atoms with Gasteiger partial charge in [-0.3, -0.25) is 9.59 Å². The number of carbonyl (C=O) groups is 2. The van der Waals surface area contributed by atoms with Crippen molar-refractivity contribution in [2.75, 3.05) is 12.9 Å². The lowest BCUT2D eigenvalue weighted by Gasteiger charge is -2.24. The first-order valence-electron chi connectivity index (χ1n) is 6.18. The summed E-state index contributed by atoms with van der Waals surface area (Å²) in [5.41, 5.74) is 0. The number of thioether (sulfide) groups is 1. The average Bonchev–Trinajstić information content (AvgIpc) is 2.79. The normalized spacial score (nSPS) is 26.6. The van der Waals surface area contributed by atoms with Crippen LogP contribution in [0.5, 0.6) is 0 Å². The van der Waals surface area contributed by atoms with Crippen molar-refractivity contribution in [3.8, 4) is 0 Å². The van der Waals surface area contributed by atoms with Gasteiger partial charge in [0.2, 0.25) is 5.91 Å². The molecular weight excluding hydrogens is 254 g/mol. The Bertz CT molecular complexity index is 306. The average molecular weight is 275 g/mol. The van der Waals surface area contributed by atoms with E-state index in [-0.39, 0.29) is 23.8 Å². The number of hydrogen-bond donors (Lipinski definition) is 3. The Kier molecular flexibility index (Phi) is 5.95. The van der Waals surface area contributed by atoms with Gasteiger partial charge in [0, 0.05) is 11.3 Å². The van der Waals surface area contributed by atoms with Gasteiger partial charge < -0.3 is 15.5 Å². The van der Waals surface area contributed by atoms with Gasteiger partial charge in [0.25, 0.3) is 0 Å². The quantitative estimate of drug-likeness (QED) is 0.665. The van der Waals surface area contributed by atoms with Crippen LogP contribution in [0.15, 0.2) is 0 Å². The van der Waals surface area contributed by atoms with Crippen LogP contribution >= 0.6 is 11.8 Å². The fourth-order valence-electron chi connectivity index (χ4n) is 2.43. The van der Waals surface area contributed by atoms with Gasteiger partial charge in [0.1, 0.15) is 0 Å². The zero-order chi connectivity index (χ0) is 13.7. The molecule has 0 aromatic rings. The minimum absolute atomic E-state index is 0.00433. The van der Waals surface area contributed by atoms with E-state index in [0.29, 0.717) is 12.8 Å². The second-order valence-electron chi connectivity index (χ2n) is 4.74. The molecule has 1 aliphatic carbocycles. The number of nitrogens with one attached hydrogen (secondary N) is 1. The van der Waals surface area contributed by atoms with E-state index in [1.54, 1.807) is 0 Å². The molecule has 0 aromatic heterocycles. The smallest absolute Gasteiger partial charge is 0.307 e. The Morgan fingerprint density at radius 3 is 2.50 bits per heavy atom. The van der Waals surface area contributed by atoms with E-state index < -0.39 is 17.8 Å². The first-order valence-corrected chi connectivity index (χ1v) is 7.46. The van der Waals surface area contributed by atoms with Crippen LogP contribution < -0.4 is 5.32 Å². The standard InChI is InChI=1S/C12H21NO4S/c1-7(10(6-14)18-2)13-11(15)8-4-3-5-9(8)12(16)17/h7-10,14H,3-6H2,1-2H3,(H,13,15)(H,16,17). The number of aliphatic carboxylic acids is 1. The maximum absolute atomic E-state index is 12.0. The Hall–Kier alpha value is -0.750. The van der Waals surface area contributed by atoms with Crippen LogP contribution in [0.2, 0.25) is 0 Å². The molecule has 4 unspecified atom stereocenters. The number of carbonyl (C=O) groups excluding carboxylic acids is 1. The van der Waals surface area contributed by atoms with E-state index in [1.165, 1.54) is 11.8 Å². The van der Waals surface area contributed by atoms with Crippen LogP contribution in [0.1, 0.15) is 26.2 Å². The van der Waals surface area contributed by atoms with Crippen molar-refractivity contribution < 1.29 is 19.8 Å². The summed E-state index contributed by atoms with van der Waals surface area (Å²) in [5, 5.41) is 21.0. The van der Waals surface area contributed by atoms with Gasteiger partial charge in [-0.05, 0) is 26.0 Å². The maximum Gasteiger partial charge on any atom is 0.307 e. The first-order chi connectivity index (χ1) is 8.51. The second-order valence-corrected chi connectivity index (χ2v) is 5.81. The summed E-state index contributed by atoms with van der Waals surface area (Å²) in [7, 11) is 0. The van der Waals surface area contributed by atoms with Crippen molar-refractivity contribution in [1.29, 1.82) is 0 Å². The molecule has 3 N–H and O–H groups in total. The van der Waals surface area contributed by atoms with E-state index >= 15 is 0 Å². The lowest BCUT2D eigenvalue weighted by molar-refractivity contribution is -0.146. The Morgan fingerprint density at radius 1 is 1.39 bits per heavy atom. The molecule has 0 heterocycles. The van der Waals surface area contributed by atoms with Crippen LogP contribution in [0.25, 0.3) is 0 Å². The van der Waals surface area contributed by atoms with E-state index in [9.17, 15) is 9.59 Å². The molecule has 0 spiro atoms. The van der Waals surface area contributed by atoms with Gasteiger partial charge in [0.15, 0.2) is 0 Å². The molecule has 1 fully saturated rings. The van der Waals surface area contributed by atoms with Crippen LogP contribution in [0.4, 0.5) is 0 Å². The highest BCUT2D eigenvalue weighted by Crippen LogP contribution is 2.32. The molecule has 0 bridgehead atoms. The fourth-order valence-corrected chi connectivity index (χ4v) is 3.06. The molecule has 4 atom stereocenters. The molecule has 104 valence electrons. The highest BCUT2D eigenvalue weighted by Gasteiger charge is 2.38. The zero-order valence-electron chi connectivity index (χ0n) is 10.8. The van der Waals surface area contributed by atoms with Gasteiger partial charge in [-0.1, -0.05) is 6.42 Å². The highest BCUT2D eigenvalue weighted by atomic mass is 32.2. The third-order valence-corrected chi connectivity index (χ3v) is 4.74. The summed E-state index contributed by atoms with van der Waals surface area (Å²) < 4.78 is 0. The van der Waals surface area contributed by atoms with Gasteiger partial charge in [-0.25, -0.2) is 0 Å². The van der Waals surface area contributed by atoms with Crippen molar-refractivity contribution in [3.05, 3.63) is 0 Å². The summed E-state index contributed by atoms with van der Waals surface area (Å²) in [6.45, 7) is 1.83. The number of carboxylic acids is 1. The summed E-state index contributed by atoms with van der Waals surface area (Å²) in [6.07, 6.45) is 3.88. The predicted molar refractivity (Wildman–Crippen MR) is 70.5 cm³/mol. The number of hydrogen-bond acceptors (Lipinski definition) is 4. The molecule has 0 radical (unpaired) electrons. The summed E-state index contributed by atoms with van der Waals surface area (Å²) in [4.78, 5) is 23.1. The van der Waals surface area contributed by atoms with Crippen LogP contribution in [-0.2, 0) is 9.59 Å². The SMILES string of the molecule is CSC(CO)C(C)NC(=O)C1CCCC1C(=O)O. The minimum atomic E-state index is -0.885. The van der Waals surface area contributed by atoms with Gasteiger partial charge >= 0.3 is 5.97 Å². The van der Waals surface area contributed by atoms with Gasteiger partial charge in [0.05, 0.1) is 18.4 Å². The third-order valence-electron chi connectivity index (χ3n) is 3.58. The molecule has 1 amide bonds. The van der Waals surface area contributed by atoms with E-state index in [4.69, 9.17) is 10.2 Å². The van der Waals surface area contributed by atoms with Crippen LogP contribution in [0.3, 0.4) is 0 Å². The van der Waals surface area contributed by atoms with Crippen molar-refractivity contribution in [2.24, 2.45) is 11.8 Å². The lowest BCUT2D eigenvalue weighted by Crippen LogP contribution is -2.45. The van der Waals surface area contributed by atoms with Gasteiger partial charge in [-0.15, -0.1) is 0 Å². The minimum Gasteiger partial charge on any atom is -0.481 e. The van der Waals surface area contributed by atoms with Crippen LogP contribution in [-0.4, -0.2) is 46.2 Å². The predicted octanol–water partition coefficient (Wildman–Crippen LogP) is 0.716. The maximum atomic E-state index is 12.0. The molecule has 6 heteroatoms. The Morgan fingerprint density at radius 2 is 2.00 bits per heavy atom. The van der Waals surface area contributed by atoms with Gasteiger partial charge in [-0.2, -0.15) is 11.8 Å². The molecule has 1 rings (SSSR count). The Labute approximate surface area is 111 Å². The summed E-state index contributed by atoms with van der Waals surface area (Å²) in [6, 6.07) is -0.160. The molecule has 18 heavy (non-hydrogen) atoms. The molecule has 1 aliphatic rings. The Balaban J connectivity index is 2.57. The lowest BCUT2D eigenvalue weighted by atomic mass is 9.95. The monoisotopic (exact) mass is 275 g/mol. The van der Waals surface area contributed by atoms with Crippen molar-refractivity contribution >= 4 is 23.6 Å². The summed E-state index contributed by atoms with van der Waals surface area (Å²) >= 11 is 1.49. The third kappa shape index (κ3) is 3.62. The second kappa shape index (κ2) is 6.99. The molecule has 0 saturated heterocycles. The molecule has 0 aliphatic heterocycles. The van der Waals surface area contributed by atoms with E-state index in [2.05, 4.69) is 5.32 Å². The molecule has 5 nitrogen and oxygen atoms in total.